The zero-order valence-corrected chi connectivity index (χ0v) is 15.5. The van der Waals surface area contributed by atoms with E-state index < -0.39 is 0 Å². The Bertz CT molecular complexity index is 945. The van der Waals surface area contributed by atoms with Crippen molar-refractivity contribution in [1.82, 2.24) is 9.88 Å². The van der Waals surface area contributed by atoms with Gasteiger partial charge >= 0.3 is 6.09 Å². The Kier molecular flexibility index (Phi) is 4.41. The highest BCUT2D eigenvalue weighted by atomic mass is 35.5. The van der Waals surface area contributed by atoms with Crippen LogP contribution in [0.1, 0.15) is 32.4 Å². The van der Waals surface area contributed by atoms with Crippen LogP contribution in [0.2, 0.25) is 0 Å². The Balaban J connectivity index is 0.00000182. The molecule has 1 aliphatic rings. The van der Waals surface area contributed by atoms with Gasteiger partial charge in [0.25, 0.3) is 0 Å². The number of aryl methyl sites for hydroxylation is 1. The molecule has 132 valence electrons. The van der Waals surface area contributed by atoms with Crippen molar-refractivity contribution in [2.45, 2.75) is 33.4 Å². The van der Waals surface area contributed by atoms with Crippen LogP contribution in [0.15, 0.2) is 42.5 Å². The predicted octanol–water partition coefficient (Wildman–Crippen LogP) is 5.04. The van der Waals surface area contributed by atoms with E-state index in [2.05, 4.69) is 73.1 Å². The molecule has 1 fully saturated rings. The van der Waals surface area contributed by atoms with Crippen molar-refractivity contribution in [2.24, 2.45) is 5.41 Å². The van der Waals surface area contributed by atoms with E-state index in [0.717, 1.165) is 12.1 Å². The smallest absolute Gasteiger partial charge is 0.407 e. The Labute approximate surface area is 153 Å². The van der Waals surface area contributed by atoms with Gasteiger partial charge in [-0.05, 0) is 30.7 Å². The number of hydrogen-bond acceptors (Lipinski definition) is 2. The molecule has 1 aliphatic heterocycles. The maximum Gasteiger partial charge on any atom is 0.407 e. The summed E-state index contributed by atoms with van der Waals surface area (Å²) in [4.78, 5) is 11.7. The van der Waals surface area contributed by atoms with Crippen LogP contribution >= 0.6 is 12.4 Å². The molecule has 0 bridgehead atoms. The summed E-state index contributed by atoms with van der Waals surface area (Å²) in [6.07, 6.45) is -0.338. The second-order valence-corrected chi connectivity index (χ2v) is 7.18. The van der Waals surface area contributed by atoms with Gasteiger partial charge in [0.1, 0.15) is 6.61 Å². The van der Waals surface area contributed by atoms with Crippen molar-refractivity contribution in [3.05, 3.63) is 48.0 Å². The summed E-state index contributed by atoms with van der Waals surface area (Å²) in [6.45, 7) is 7.77. The van der Waals surface area contributed by atoms with Crippen LogP contribution in [0.25, 0.3) is 21.8 Å². The van der Waals surface area contributed by atoms with Crippen molar-refractivity contribution < 1.29 is 9.53 Å². The van der Waals surface area contributed by atoms with E-state index in [1.54, 1.807) is 0 Å². The molecule has 0 radical (unpaired) electrons. The van der Waals surface area contributed by atoms with Gasteiger partial charge in [0.15, 0.2) is 0 Å². The molecule has 4 rings (SSSR count). The molecule has 1 atom stereocenters. The van der Waals surface area contributed by atoms with Gasteiger partial charge in [0.05, 0.1) is 6.04 Å². The first-order chi connectivity index (χ1) is 11.5. The molecule has 1 amide bonds. The van der Waals surface area contributed by atoms with Crippen LogP contribution in [0, 0.1) is 5.41 Å². The lowest BCUT2D eigenvalue weighted by Gasteiger charge is -2.38. The van der Waals surface area contributed by atoms with E-state index >= 15 is 0 Å². The van der Waals surface area contributed by atoms with E-state index in [1.165, 1.54) is 21.8 Å². The number of fused-ring (bicyclic) bond motifs is 3. The third-order valence-electron chi connectivity index (χ3n) is 5.06. The summed E-state index contributed by atoms with van der Waals surface area (Å²) < 4.78 is 7.51. The molecule has 25 heavy (non-hydrogen) atoms. The maximum atomic E-state index is 11.7. The lowest BCUT2D eigenvalue weighted by molar-refractivity contribution is 0.0388. The molecule has 1 aromatic heterocycles. The number of halogens is 1. The molecule has 5 heteroatoms. The molecule has 0 unspecified atom stereocenters. The maximum absolute atomic E-state index is 11.7. The molecule has 0 spiro atoms. The van der Waals surface area contributed by atoms with Gasteiger partial charge in [-0.2, -0.15) is 0 Å². The molecule has 2 aromatic carbocycles. The number of aromatic nitrogens is 1. The Morgan fingerprint density at radius 2 is 1.88 bits per heavy atom. The van der Waals surface area contributed by atoms with Gasteiger partial charge in [-0.1, -0.05) is 38.1 Å². The number of ether oxygens (including phenoxy) is 1. The number of amides is 1. The van der Waals surface area contributed by atoms with Crippen molar-refractivity contribution in [3.63, 3.8) is 0 Å². The van der Waals surface area contributed by atoms with Crippen molar-refractivity contribution in [1.29, 1.82) is 0 Å². The highest BCUT2D eigenvalue weighted by Crippen LogP contribution is 2.39. The van der Waals surface area contributed by atoms with E-state index in [0.29, 0.717) is 6.61 Å². The zero-order chi connectivity index (χ0) is 16.9. The van der Waals surface area contributed by atoms with Crippen LogP contribution in [0.4, 0.5) is 4.79 Å². The van der Waals surface area contributed by atoms with E-state index in [9.17, 15) is 4.79 Å². The van der Waals surface area contributed by atoms with E-state index in [-0.39, 0.29) is 30.0 Å². The summed E-state index contributed by atoms with van der Waals surface area (Å²) >= 11 is 0. The molecular formula is C20H23ClN2O2. The molecule has 0 aliphatic carbocycles. The molecule has 1 saturated heterocycles. The fraction of sp³-hybridized carbons (Fsp3) is 0.350. The number of carbonyl (C=O) groups excluding carboxylic acids is 1. The van der Waals surface area contributed by atoms with Gasteiger partial charge in [0.2, 0.25) is 0 Å². The Hall–Kier alpha value is -2.20. The van der Waals surface area contributed by atoms with Gasteiger partial charge < -0.3 is 14.6 Å². The number of para-hydroxylation sites is 1. The summed E-state index contributed by atoms with van der Waals surface area (Å²) in [7, 11) is 0. The lowest BCUT2D eigenvalue weighted by Crippen LogP contribution is -2.46. The van der Waals surface area contributed by atoms with Gasteiger partial charge in [-0.15, -0.1) is 12.4 Å². The molecule has 2 heterocycles. The summed E-state index contributed by atoms with van der Waals surface area (Å²) in [5.74, 6) is 0. The SMILES string of the molecule is CCn1c2ccccc2c2cc([C@H]3NC(=O)OCC3(C)C)ccc21.Cl. The minimum atomic E-state index is -0.338. The summed E-state index contributed by atoms with van der Waals surface area (Å²) in [5, 5.41) is 5.48. The third-order valence-corrected chi connectivity index (χ3v) is 5.06. The van der Waals surface area contributed by atoms with Crippen LogP contribution in [-0.4, -0.2) is 17.3 Å². The molecule has 1 N–H and O–H groups in total. The topological polar surface area (TPSA) is 43.3 Å². The number of benzene rings is 2. The number of carbonyl (C=O) groups is 1. The summed E-state index contributed by atoms with van der Waals surface area (Å²) in [5.41, 5.74) is 3.47. The van der Waals surface area contributed by atoms with E-state index in [1.807, 2.05) is 0 Å². The fourth-order valence-electron chi connectivity index (χ4n) is 3.82. The van der Waals surface area contributed by atoms with Gasteiger partial charge in [-0.25, -0.2) is 4.79 Å². The third kappa shape index (κ3) is 2.74. The number of nitrogens with zero attached hydrogens (tertiary/aromatic N) is 1. The zero-order valence-electron chi connectivity index (χ0n) is 14.7. The Morgan fingerprint density at radius 3 is 2.64 bits per heavy atom. The molecular weight excluding hydrogens is 336 g/mol. The number of alkyl carbamates (subject to hydrolysis) is 1. The number of cyclic esters (lactones) is 1. The minimum Gasteiger partial charge on any atom is -0.449 e. The standard InChI is InChI=1S/C20H22N2O2.ClH/c1-4-22-16-8-6-5-7-14(16)15-11-13(9-10-17(15)22)18-20(2,3)12-24-19(23)21-18;/h5-11,18H,4,12H2,1-3H3,(H,21,23);1H/t18-;/m1./s1. The minimum absolute atomic E-state index is 0. The van der Waals surface area contributed by atoms with Crippen LogP contribution in [-0.2, 0) is 11.3 Å². The van der Waals surface area contributed by atoms with Gasteiger partial charge in [-0.3, -0.25) is 0 Å². The molecule has 0 saturated carbocycles. The highest BCUT2D eigenvalue weighted by Gasteiger charge is 2.38. The monoisotopic (exact) mass is 358 g/mol. The normalized spacial score (nSPS) is 19.3. The van der Waals surface area contributed by atoms with Crippen LogP contribution in [0.5, 0.6) is 0 Å². The first-order valence-electron chi connectivity index (χ1n) is 8.45. The first kappa shape index (κ1) is 17.6. The number of nitrogens with one attached hydrogen (secondary N) is 1. The van der Waals surface area contributed by atoms with E-state index in [4.69, 9.17) is 4.74 Å². The van der Waals surface area contributed by atoms with Crippen molar-refractivity contribution in [2.75, 3.05) is 6.61 Å². The fourth-order valence-corrected chi connectivity index (χ4v) is 3.82. The van der Waals surface area contributed by atoms with Crippen LogP contribution in [0.3, 0.4) is 0 Å². The second-order valence-electron chi connectivity index (χ2n) is 7.18. The average Bonchev–Trinajstić information content (AvgIpc) is 2.90. The number of hydrogen-bond donors (Lipinski definition) is 1. The molecule has 3 aromatic rings. The van der Waals surface area contributed by atoms with Crippen molar-refractivity contribution in [3.8, 4) is 0 Å². The Morgan fingerprint density at radius 1 is 1.16 bits per heavy atom. The largest absolute Gasteiger partial charge is 0.449 e. The van der Waals surface area contributed by atoms with Gasteiger partial charge in [0, 0.05) is 33.8 Å². The second kappa shape index (κ2) is 6.26. The number of rotatable bonds is 2. The van der Waals surface area contributed by atoms with Crippen molar-refractivity contribution >= 4 is 40.3 Å². The average molecular weight is 359 g/mol. The van der Waals surface area contributed by atoms with Crippen LogP contribution < -0.4 is 5.32 Å². The molecule has 4 nitrogen and oxygen atoms in total. The predicted molar refractivity (Wildman–Crippen MR) is 103 cm³/mol. The first-order valence-corrected chi connectivity index (χ1v) is 8.45. The highest BCUT2D eigenvalue weighted by molar-refractivity contribution is 6.08. The summed E-state index contributed by atoms with van der Waals surface area (Å²) in [6, 6.07) is 15.0. The quantitative estimate of drug-likeness (QED) is 0.697. The lowest BCUT2D eigenvalue weighted by atomic mass is 9.80.